The number of piperidine rings is 1. The number of pyridine rings is 1. The van der Waals surface area contributed by atoms with E-state index in [1.807, 2.05) is 0 Å². The van der Waals surface area contributed by atoms with Gasteiger partial charge in [-0.1, -0.05) is 0 Å². The number of sulfonamides is 1. The summed E-state index contributed by atoms with van der Waals surface area (Å²) in [6.07, 6.45) is 3.47. The molecule has 0 spiro atoms. The summed E-state index contributed by atoms with van der Waals surface area (Å²) in [7, 11) is -1.83. The average molecular weight is 438 g/mol. The van der Waals surface area contributed by atoms with Crippen LogP contribution in [0, 0.1) is 5.82 Å². The number of carbonyl (C=O) groups is 1. The van der Waals surface area contributed by atoms with Crippen LogP contribution in [0.4, 0.5) is 20.6 Å². The van der Waals surface area contributed by atoms with Gasteiger partial charge < -0.3 is 20.1 Å². The highest BCUT2D eigenvalue weighted by molar-refractivity contribution is 7.88. The predicted molar refractivity (Wildman–Crippen MR) is 110 cm³/mol. The van der Waals surface area contributed by atoms with Crippen molar-refractivity contribution < 1.29 is 27.1 Å². The highest BCUT2D eigenvalue weighted by Crippen LogP contribution is 2.24. The molecule has 1 aromatic heterocycles. The molecule has 1 unspecified atom stereocenters. The molecule has 1 saturated heterocycles. The zero-order valence-electron chi connectivity index (χ0n) is 16.6. The minimum absolute atomic E-state index is 0.194. The van der Waals surface area contributed by atoms with Crippen LogP contribution in [0.1, 0.15) is 12.8 Å². The van der Waals surface area contributed by atoms with Crippen LogP contribution in [0.5, 0.6) is 11.6 Å². The van der Waals surface area contributed by atoms with Crippen molar-refractivity contribution in [3.8, 4) is 11.6 Å². The fraction of sp³-hybridized carbons (Fsp3) is 0.368. The average Bonchev–Trinajstić information content (AvgIpc) is 2.67. The molecule has 2 heterocycles. The summed E-state index contributed by atoms with van der Waals surface area (Å²) >= 11 is 0. The molecule has 2 aromatic rings. The fourth-order valence-electron chi connectivity index (χ4n) is 3.07. The lowest BCUT2D eigenvalue weighted by Crippen LogP contribution is -2.43. The summed E-state index contributed by atoms with van der Waals surface area (Å²) in [5.74, 6) is 0.0199. The van der Waals surface area contributed by atoms with E-state index in [-0.39, 0.29) is 18.0 Å². The maximum absolute atomic E-state index is 14.0. The molecule has 30 heavy (non-hydrogen) atoms. The predicted octanol–water partition coefficient (Wildman–Crippen LogP) is 2.68. The number of aromatic nitrogens is 1. The Morgan fingerprint density at radius 3 is 2.67 bits per heavy atom. The number of ether oxygens (including phenoxy) is 2. The number of methoxy groups -OCH3 is 1. The zero-order chi connectivity index (χ0) is 21.7. The van der Waals surface area contributed by atoms with Crippen molar-refractivity contribution >= 4 is 27.4 Å². The molecule has 0 bridgehead atoms. The van der Waals surface area contributed by atoms with Crippen LogP contribution in [0.2, 0.25) is 0 Å². The van der Waals surface area contributed by atoms with Crippen molar-refractivity contribution in [3.05, 3.63) is 42.3 Å². The fourth-order valence-corrected chi connectivity index (χ4v) is 3.96. The molecule has 0 radical (unpaired) electrons. The highest BCUT2D eigenvalue weighted by Gasteiger charge is 2.27. The van der Waals surface area contributed by atoms with Crippen molar-refractivity contribution in [2.24, 2.45) is 0 Å². The molecule has 0 saturated carbocycles. The Balaban J connectivity index is 1.63. The highest BCUT2D eigenvalue weighted by atomic mass is 32.2. The standard InChI is InChI=1S/C19H23FN4O5S/c1-28-18-6-5-14(11-21-18)22-19(25)23-15-8-13(20)9-17(10-15)29-16-4-3-7-24(12-16)30(2,26)27/h5-6,8-11,16H,3-4,7,12H2,1-2H3,(H2,22,23,25). The van der Waals surface area contributed by atoms with Gasteiger partial charge in [-0.2, -0.15) is 4.31 Å². The Kier molecular flexibility index (Phi) is 6.73. The summed E-state index contributed by atoms with van der Waals surface area (Å²) in [4.78, 5) is 16.2. The molecule has 1 fully saturated rings. The third kappa shape index (κ3) is 6.04. The van der Waals surface area contributed by atoms with Gasteiger partial charge >= 0.3 is 6.03 Å². The normalized spacial score (nSPS) is 17.2. The molecule has 1 aromatic carbocycles. The lowest BCUT2D eigenvalue weighted by molar-refractivity contribution is 0.130. The first-order valence-corrected chi connectivity index (χ1v) is 11.1. The first kappa shape index (κ1) is 21.8. The number of rotatable bonds is 6. The number of urea groups is 1. The lowest BCUT2D eigenvalue weighted by Gasteiger charge is -2.31. The number of hydrogen-bond acceptors (Lipinski definition) is 6. The van der Waals surface area contributed by atoms with Crippen LogP contribution >= 0.6 is 0 Å². The first-order chi connectivity index (χ1) is 14.2. The van der Waals surface area contributed by atoms with Gasteiger partial charge in [0.1, 0.15) is 17.7 Å². The Bertz CT molecular complexity index is 1000. The monoisotopic (exact) mass is 438 g/mol. The minimum atomic E-state index is -3.32. The molecule has 2 amide bonds. The number of carbonyl (C=O) groups excluding carboxylic acids is 1. The van der Waals surface area contributed by atoms with Crippen molar-refractivity contribution in [1.29, 1.82) is 0 Å². The van der Waals surface area contributed by atoms with Crippen molar-refractivity contribution in [2.45, 2.75) is 18.9 Å². The molecule has 1 aliphatic rings. The number of nitrogens with zero attached hydrogens (tertiary/aromatic N) is 2. The number of amides is 2. The van der Waals surface area contributed by atoms with Gasteiger partial charge in [0.05, 0.1) is 31.8 Å². The van der Waals surface area contributed by atoms with Gasteiger partial charge in [-0.15, -0.1) is 0 Å². The maximum Gasteiger partial charge on any atom is 0.323 e. The van der Waals surface area contributed by atoms with E-state index in [1.54, 1.807) is 12.1 Å². The van der Waals surface area contributed by atoms with Crippen LogP contribution in [-0.2, 0) is 10.0 Å². The van der Waals surface area contributed by atoms with Gasteiger partial charge in [-0.05, 0) is 25.0 Å². The molecule has 0 aliphatic carbocycles. The maximum atomic E-state index is 14.0. The zero-order valence-corrected chi connectivity index (χ0v) is 17.4. The molecular formula is C19H23FN4O5S. The Morgan fingerprint density at radius 2 is 2.00 bits per heavy atom. The van der Waals surface area contributed by atoms with Crippen LogP contribution in [0.25, 0.3) is 0 Å². The van der Waals surface area contributed by atoms with E-state index in [2.05, 4.69) is 15.6 Å². The summed E-state index contributed by atoms with van der Waals surface area (Å²) < 4.78 is 49.6. The third-order valence-corrected chi connectivity index (χ3v) is 5.71. The Labute approximate surface area is 174 Å². The van der Waals surface area contributed by atoms with E-state index in [1.165, 1.54) is 29.7 Å². The molecular weight excluding hydrogens is 415 g/mol. The summed E-state index contributed by atoms with van der Waals surface area (Å²) in [6, 6.07) is 6.45. The quantitative estimate of drug-likeness (QED) is 0.718. The second kappa shape index (κ2) is 9.26. The first-order valence-electron chi connectivity index (χ1n) is 9.23. The van der Waals surface area contributed by atoms with Crippen molar-refractivity contribution in [2.75, 3.05) is 37.1 Å². The van der Waals surface area contributed by atoms with Gasteiger partial charge in [0.15, 0.2) is 0 Å². The Morgan fingerprint density at radius 1 is 1.23 bits per heavy atom. The van der Waals surface area contributed by atoms with Crippen LogP contribution < -0.4 is 20.1 Å². The van der Waals surface area contributed by atoms with Crippen LogP contribution in [-0.4, -0.2) is 56.3 Å². The van der Waals surface area contributed by atoms with Gasteiger partial charge in [-0.25, -0.2) is 22.6 Å². The van der Waals surface area contributed by atoms with E-state index < -0.39 is 28.0 Å². The second-order valence-corrected chi connectivity index (χ2v) is 8.83. The molecule has 162 valence electrons. The summed E-state index contributed by atoms with van der Waals surface area (Å²) in [6.45, 7) is 0.637. The van der Waals surface area contributed by atoms with E-state index >= 15 is 0 Å². The van der Waals surface area contributed by atoms with E-state index in [4.69, 9.17) is 9.47 Å². The third-order valence-electron chi connectivity index (χ3n) is 4.45. The molecule has 3 rings (SSSR count). The molecule has 11 heteroatoms. The molecule has 9 nitrogen and oxygen atoms in total. The molecule has 1 atom stereocenters. The number of halogens is 1. The van der Waals surface area contributed by atoms with Gasteiger partial charge in [0.25, 0.3) is 0 Å². The van der Waals surface area contributed by atoms with Gasteiger partial charge in [-0.3, -0.25) is 0 Å². The van der Waals surface area contributed by atoms with E-state index in [0.717, 1.165) is 12.3 Å². The largest absolute Gasteiger partial charge is 0.489 e. The molecule has 1 aliphatic heterocycles. The van der Waals surface area contributed by atoms with Crippen LogP contribution in [0.15, 0.2) is 36.5 Å². The van der Waals surface area contributed by atoms with E-state index in [9.17, 15) is 17.6 Å². The lowest BCUT2D eigenvalue weighted by atomic mass is 10.1. The van der Waals surface area contributed by atoms with E-state index in [0.29, 0.717) is 31.0 Å². The minimum Gasteiger partial charge on any atom is -0.489 e. The van der Waals surface area contributed by atoms with Gasteiger partial charge in [0.2, 0.25) is 15.9 Å². The number of benzene rings is 1. The Hall–Kier alpha value is -2.92. The summed E-state index contributed by atoms with van der Waals surface area (Å²) in [5, 5.41) is 5.11. The number of hydrogen-bond donors (Lipinski definition) is 2. The SMILES string of the molecule is COc1ccc(NC(=O)Nc2cc(F)cc(OC3CCCN(S(C)(=O)=O)C3)c2)cn1. The number of anilines is 2. The van der Waals surface area contributed by atoms with Gasteiger partial charge in [0, 0.05) is 30.4 Å². The second-order valence-electron chi connectivity index (χ2n) is 6.85. The van der Waals surface area contributed by atoms with Crippen molar-refractivity contribution in [3.63, 3.8) is 0 Å². The smallest absolute Gasteiger partial charge is 0.323 e. The van der Waals surface area contributed by atoms with Crippen LogP contribution in [0.3, 0.4) is 0 Å². The number of nitrogens with one attached hydrogen (secondary N) is 2. The topological polar surface area (TPSA) is 110 Å². The van der Waals surface area contributed by atoms with Crippen molar-refractivity contribution in [1.82, 2.24) is 9.29 Å². The molecule has 2 N–H and O–H groups in total. The summed E-state index contributed by atoms with van der Waals surface area (Å²) in [5.41, 5.74) is 0.629.